The molecule has 1 aromatic rings. The second kappa shape index (κ2) is 9.38. The highest BCUT2D eigenvalue weighted by Gasteiger charge is 2.29. The second-order valence-corrected chi connectivity index (χ2v) is 8.95. The van der Waals surface area contributed by atoms with E-state index in [0.717, 1.165) is 63.2 Å². The number of ether oxygens (including phenoxy) is 2. The van der Waals surface area contributed by atoms with Gasteiger partial charge in [0.25, 0.3) is 0 Å². The van der Waals surface area contributed by atoms with Gasteiger partial charge >= 0.3 is 0 Å². The van der Waals surface area contributed by atoms with Crippen LogP contribution in [0.1, 0.15) is 69.9 Å². The molecule has 5 nitrogen and oxygen atoms in total. The fourth-order valence-corrected chi connectivity index (χ4v) is 5.08. The van der Waals surface area contributed by atoms with Crippen molar-refractivity contribution in [2.75, 3.05) is 19.7 Å². The lowest BCUT2D eigenvalue weighted by atomic mass is 9.87. The van der Waals surface area contributed by atoms with Crippen molar-refractivity contribution in [1.82, 2.24) is 10.2 Å². The van der Waals surface area contributed by atoms with Gasteiger partial charge in [0.1, 0.15) is 17.6 Å². The molecule has 1 amide bonds. The minimum absolute atomic E-state index is 0.244. The first-order valence-corrected chi connectivity index (χ1v) is 11.6. The summed E-state index contributed by atoms with van der Waals surface area (Å²) in [7, 11) is 0. The summed E-state index contributed by atoms with van der Waals surface area (Å²) in [4.78, 5) is 14.9. The van der Waals surface area contributed by atoms with Crippen LogP contribution < -0.4 is 14.8 Å². The van der Waals surface area contributed by atoms with Gasteiger partial charge in [-0.25, -0.2) is 0 Å². The molecule has 1 aliphatic carbocycles. The smallest absolute Gasteiger partial charge is 0.225 e. The van der Waals surface area contributed by atoms with Crippen LogP contribution in [0, 0.1) is 5.92 Å². The van der Waals surface area contributed by atoms with E-state index in [1.807, 2.05) is 6.92 Å². The van der Waals surface area contributed by atoms with Crippen LogP contribution in [0.15, 0.2) is 12.1 Å². The maximum Gasteiger partial charge on any atom is 0.225 e. The molecule has 1 atom stereocenters. The Kier molecular flexibility index (Phi) is 6.63. The van der Waals surface area contributed by atoms with Crippen molar-refractivity contribution >= 4 is 5.91 Å². The van der Waals surface area contributed by atoms with Crippen molar-refractivity contribution < 1.29 is 14.3 Å². The molecule has 1 N–H and O–H groups in total. The summed E-state index contributed by atoms with van der Waals surface area (Å²) in [5, 5.41) is 3.70. The third-order valence-electron chi connectivity index (χ3n) is 6.72. The molecule has 3 aliphatic rings. The van der Waals surface area contributed by atoms with Gasteiger partial charge in [0.2, 0.25) is 5.91 Å². The van der Waals surface area contributed by atoms with E-state index in [0.29, 0.717) is 18.6 Å². The van der Waals surface area contributed by atoms with E-state index in [9.17, 15) is 4.79 Å². The molecule has 4 rings (SSSR count). The molecule has 29 heavy (non-hydrogen) atoms. The maximum absolute atomic E-state index is 12.8. The van der Waals surface area contributed by atoms with E-state index in [1.165, 1.54) is 30.4 Å². The van der Waals surface area contributed by atoms with Gasteiger partial charge in [0.05, 0.1) is 6.61 Å². The number of nitrogens with zero attached hydrogens (tertiary/aromatic N) is 1. The zero-order chi connectivity index (χ0) is 20.2. The van der Waals surface area contributed by atoms with Crippen molar-refractivity contribution in [3.63, 3.8) is 0 Å². The number of carbonyl (C=O) groups is 1. The molecule has 160 valence electrons. The van der Waals surface area contributed by atoms with E-state index in [4.69, 9.17) is 9.47 Å². The molecule has 1 unspecified atom stereocenters. The highest BCUT2D eigenvalue weighted by molar-refractivity contribution is 5.79. The lowest BCUT2D eigenvalue weighted by molar-refractivity contribution is -0.137. The first-order chi connectivity index (χ1) is 14.1. The van der Waals surface area contributed by atoms with E-state index in [1.54, 1.807) is 0 Å². The highest BCUT2D eigenvalue weighted by Crippen LogP contribution is 2.35. The molecule has 2 fully saturated rings. The highest BCUT2D eigenvalue weighted by atomic mass is 16.5. The zero-order valence-electron chi connectivity index (χ0n) is 18.0. The topological polar surface area (TPSA) is 50.8 Å². The Labute approximate surface area is 175 Å². The van der Waals surface area contributed by atoms with Gasteiger partial charge in [-0.1, -0.05) is 19.3 Å². The number of carbonyl (C=O) groups excluding carboxylic acids is 1. The lowest BCUT2D eigenvalue weighted by Crippen LogP contribution is -2.46. The van der Waals surface area contributed by atoms with Crippen LogP contribution in [0.2, 0.25) is 0 Å². The van der Waals surface area contributed by atoms with Gasteiger partial charge in [-0.05, 0) is 51.7 Å². The fourth-order valence-electron chi connectivity index (χ4n) is 5.08. The normalized spacial score (nSPS) is 23.0. The monoisotopic (exact) mass is 400 g/mol. The van der Waals surface area contributed by atoms with E-state index < -0.39 is 0 Å². The van der Waals surface area contributed by atoms with Gasteiger partial charge < -0.3 is 19.7 Å². The number of fused-ring (bicyclic) bond motifs is 1. The molecule has 2 aliphatic heterocycles. The predicted octanol–water partition coefficient (Wildman–Crippen LogP) is 4.07. The number of hydrogen-bond acceptors (Lipinski definition) is 4. The molecule has 0 radical (unpaired) electrons. The van der Waals surface area contributed by atoms with Crippen LogP contribution in [0.4, 0.5) is 0 Å². The number of nitrogens with one attached hydrogen (secondary N) is 1. The average molecular weight is 401 g/mol. The first-order valence-electron chi connectivity index (χ1n) is 11.6. The summed E-state index contributed by atoms with van der Waals surface area (Å²) in [5.41, 5.74) is 2.42. The molecule has 0 bridgehead atoms. The summed E-state index contributed by atoms with van der Waals surface area (Å²) in [5.74, 6) is 2.68. The van der Waals surface area contributed by atoms with Crippen molar-refractivity contribution in [2.45, 2.75) is 83.9 Å². The van der Waals surface area contributed by atoms with E-state index >= 15 is 0 Å². The van der Waals surface area contributed by atoms with Crippen LogP contribution >= 0.6 is 0 Å². The Bertz CT molecular complexity index is 706. The Morgan fingerprint density at radius 2 is 1.93 bits per heavy atom. The number of piperidine rings is 1. The standard InChI is InChI=1S/C24H36N2O3/c1-3-28-22-14-19-13-17(2)29-23(19)15-20(22)16-25-21-9-11-26(12-10-21)24(27)18-7-5-4-6-8-18/h14-15,17-18,21,25H,3-13,16H2,1-2H3. The Morgan fingerprint density at radius 3 is 2.66 bits per heavy atom. The largest absolute Gasteiger partial charge is 0.494 e. The maximum atomic E-state index is 12.8. The van der Waals surface area contributed by atoms with Crippen molar-refractivity contribution in [2.24, 2.45) is 5.92 Å². The van der Waals surface area contributed by atoms with Gasteiger partial charge in [-0.15, -0.1) is 0 Å². The third kappa shape index (κ3) is 4.88. The van der Waals surface area contributed by atoms with Crippen LogP contribution in [-0.4, -0.2) is 42.6 Å². The zero-order valence-corrected chi connectivity index (χ0v) is 18.0. The summed E-state index contributed by atoms with van der Waals surface area (Å²) in [6.45, 7) is 7.36. The molecular weight excluding hydrogens is 364 g/mol. The second-order valence-electron chi connectivity index (χ2n) is 8.95. The van der Waals surface area contributed by atoms with Crippen molar-refractivity contribution in [1.29, 1.82) is 0 Å². The van der Waals surface area contributed by atoms with Crippen LogP contribution in [-0.2, 0) is 17.8 Å². The first kappa shape index (κ1) is 20.5. The van der Waals surface area contributed by atoms with Gasteiger partial charge in [-0.2, -0.15) is 0 Å². The van der Waals surface area contributed by atoms with E-state index in [-0.39, 0.29) is 12.0 Å². The minimum atomic E-state index is 0.244. The number of benzene rings is 1. The summed E-state index contributed by atoms with van der Waals surface area (Å²) >= 11 is 0. The molecule has 1 aromatic carbocycles. The summed E-state index contributed by atoms with van der Waals surface area (Å²) in [6, 6.07) is 4.76. The third-order valence-corrected chi connectivity index (χ3v) is 6.72. The molecular formula is C24H36N2O3. The van der Waals surface area contributed by atoms with E-state index in [2.05, 4.69) is 29.3 Å². The number of hydrogen-bond donors (Lipinski definition) is 1. The van der Waals surface area contributed by atoms with Crippen LogP contribution in [0.3, 0.4) is 0 Å². The quantitative estimate of drug-likeness (QED) is 0.782. The SMILES string of the molecule is CCOc1cc2c(cc1CNC1CCN(C(=O)C3CCCCC3)CC1)OC(C)C2. The Balaban J connectivity index is 1.30. The van der Waals surface area contributed by atoms with Gasteiger partial charge in [0, 0.05) is 49.1 Å². The molecule has 1 saturated heterocycles. The lowest BCUT2D eigenvalue weighted by Gasteiger charge is -2.35. The number of rotatable bonds is 6. The number of amides is 1. The Hall–Kier alpha value is -1.75. The summed E-state index contributed by atoms with van der Waals surface area (Å²) < 4.78 is 11.8. The summed E-state index contributed by atoms with van der Waals surface area (Å²) in [6.07, 6.45) is 9.19. The Morgan fingerprint density at radius 1 is 1.17 bits per heavy atom. The minimum Gasteiger partial charge on any atom is -0.494 e. The predicted molar refractivity (Wildman–Crippen MR) is 114 cm³/mol. The van der Waals surface area contributed by atoms with Gasteiger partial charge in [-0.3, -0.25) is 4.79 Å². The average Bonchev–Trinajstić information content (AvgIpc) is 3.11. The molecule has 0 spiro atoms. The van der Waals surface area contributed by atoms with Crippen LogP contribution in [0.25, 0.3) is 0 Å². The number of likely N-dealkylation sites (tertiary alicyclic amines) is 1. The van der Waals surface area contributed by atoms with Crippen LogP contribution in [0.5, 0.6) is 11.5 Å². The molecule has 1 saturated carbocycles. The molecule has 0 aromatic heterocycles. The molecule has 2 heterocycles. The molecule has 5 heteroatoms. The fraction of sp³-hybridized carbons (Fsp3) is 0.708. The van der Waals surface area contributed by atoms with Crippen molar-refractivity contribution in [3.8, 4) is 11.5 Å². The van der Waals surface area contributed by atoms with Gasteiger partial charge in [0.15, 0.2) is 0 Å². The van der Waals surface area contributed by atoms with Crippen molar-refractivity contribution in [3.05, 3.63) is 23.3 Å².